The van der Waals surface area contributed by atoms with Crippen LogP contribution in [0.25, 0.3) is 0 Å². The fraction of sp³-hybridized carbons (Fsp3) is 0.500. The van der Waals surface area contributed by atoms with Crippen molar-refractivity contribution in [3.8, 4) is 0 Å². The monoisotopic (exact) mass is 143 g/mol. The molecule has 0 aliphatic heterocycles. The first-order valence-corrected chi connectivity index (χ1v) is 6.51. The van der Waals surface area contributed by atoms with Crippen molar-refractivity contribution in [2.24, 2.45) is 0 Å². The second kappa shape index (κ2) is 3.45. The lowest BCUT2D eigenvalue weighted by atomic mass is 11.0. The zero-order valence-corrected chi connectivity index (χ0v) is 7.14. The van der Waals surface area contributed by atoms with Crippen LogP contribution in [0.5, 0.6) is 0 Å². The quantitative estimate of drug-likeness (QED) is 0.465. The van der Waals surface area contributed by atoms with E-state index >= 15 is 0 Å². The predicted molar refractivity (Wildman–Crippen MR) is 41.7 cm³/mol. The van der Waals surface area contributed by atoms with E-state index in [1.807, 2.05) is 0 Å². The van der Waals surface area contributed by atoms with Crippen molar-refractivity contribution in [3.05, 3.63) is 11.9 Å². The number of hydrogen-bond donors (Lipinski definition) is 1. The van der Waals surface area contributed by atoms with Gasteiger partial charge >= 0.3 is 0 Å². The summed E-state index contributed by atoms with van der Waals surface area (Å²) in [5.74, 6) is 0. The predicted octanol–water partition coefficient (Wildman–Crippen LogP) is 1.12. The average Bonchev–Trinajstić information content (AvgIpc) is 1.63. The third-order valence-corrected chi connectivity index (χ3v) is 1.91. The first-order valence-electron chi connectivity index (χ1n) is 2.94. The number of carbonyl (C=O) groups is 1. The van der Waals surface area contributed by atoms with E-state index in [0.29, 0.717) is 6.41 Å². The molecule has 0 aliphatic carbocycles. The van der Waals surface area contributed by atoms with E-state index in [0.717, 1.165) is 0 Å². The highest BCUT2D eigenvalue weighted by Gasteiger charge is 2.05. The highest BCUT2D eigenvalue weighted by atomic mass is 28.3. The van der Waals surface area contributed by atoms with Crippen molar-refractivity contribution >= 4 is 14.5 Å². The molecule has 9 heavy (non-hydrogen) atoms. The first kappa shape index (κ1) is 8.43. The molecular formula is C6H13NOSi. The summed E-state index contributed by atoms with van der Waals surface area (Å²) in [6.07, 6.45) is 2.38. The molecule has 0 aromatic carbocycles. The van der Waals surface area contributed by atoms with Gasteiger partial charge in [-0.3, -0.25) is 4.79 Å². The normalized spacial score (nSPS) is 11.9. The van der Waals surface area contributed by atoms with Crippen LogP contribution in [-0.2, 0) is 4.79 Å². The Balaban J connectivity index is 3.57. The number of carbonyl (C=O) groups excluding carboxylic acids is 1. The topological polar surface area (TPSA) is 29.1 Å². The Morgan fingerprint density at radius 3 is 2.22 bits per heavy atom. The minimum absolute atomic E-state index is 0.677. The third-order valence-electron chi connectivity index (χ3n) is 0.748. The van der Waals surface area contributed by atoms with Crippen molar-refractivity contribution in [3.63, 3.8) is 0 Å². The molecule has 0 unspecified atom stereocenters. The molecule has 2 nitrogen and oxygen atoms in total. The van der Waals surface area contributed by atoms with Gasteiger partial charge in [0.1, 0.15) is 0 Å². The molecule has 52 valence electrons. The van der Waals surface area contributed by atoms with Crippen molar-refractivity contribution in [2.75, 3.05) is 0 Å². The average molecular weight is 143 g/mol. The summed E-state index contributed by atoms with van der Waals surface area (Å²) in [6, 6.07) is 0. The van der Waals surface area contributed by atoms with Gasteiger partial charge in [-0.25, -0.2) is 0 Å². The van der Waals surface area contributed by atoms with E-state index in [1.54, 1.807) is 6.20 Å². The van der Waals surface area contributed by atoms with Crippen LogP contribution in [0.1, 0.15) is 0 Å². The summed E-state index contributed by atoms with van der Waals surface area (Å²) in [5.41, 5.74) is 2.07. The molecule has 0 rings (SSSR count). The van der Waals surface area contributed by atoms with Crippen molar-refractivity contribution < 1.29 is 4.79 Å². The Hall–Kier alpha value is -0.573. The van der Waals surface area contributed by atoms with E-state index in [1.165, 1.54) is 0 Å². The molecule has 0 heterocycles. The molecule has 0 atom stereocenters. The maximum atomic E-state index is 9.74. The van der Waals surface area contributed by atoms with Gasteiger partial charge in [-0.1, -0.05) is 25.3 Å². The largest absolute Gasteiger partial charge is 0.336 e. The zero-order valence-electron chi connectivity index (χ0n) is 6.14. The molecule has 0 bridgehead atoms. The number of amides is 1. The van der Waals surface area contributed by atoms with Crippen molar-refractivity contribution in [1.29, 1.82) is 0 Å². The summed E-state index contributed by atoms with van der Waals surface area (Å²) in [4.78, 5) is 9.74. The molecule has 0 saturated heterocycles. The lowest BCUT2D eigenvalue weighted by molar-refractivity contribution is -0.108. The number of nitrogens with one attached hydrogen (secondary N) is 1. The molecule has 0 aromatic heterocycles. The van der Waals surface area contributed by atoms with Crippen molar-refractivity contribution in [2.45, 2.75) is 19.6 Å². The van der Waals surface area contributed by atoms with Gasteiger partial charge in [0.25, 0.3) is 0 Å². The van der Waals surface area contributed by atoms with Gasteiger partial charge in [0.05, 0.1) is 8.07 Å². The van der Waals surface area contributed by atoms with Crippen LogP contribution >= 0.6 is 0 Å². The fourth-order valence-corrected chi connectivity index (χ4v) is 0.934. The molecule has 3 heteroatoms. The van der Waals surface area contributed by atoms with Gasteiger partial charge in [0.15, 0.2) is 0 Å². The van der Waals surface area contributed by atoms with Crippen LogP contribution in [0.3, 0.4) is 0 Å². The van der Waals surface area contributed by atoms with Gasteiger partial charge in [-0.2, -0.15) is 0 Å². The zero-order chi connectivity index (χ0) is 7.33. The SMILES string of the molecule is C[Si](C)(C)/C=C/NC=O. The summed E-state index contributed by atoms with van der Waals surface area (Å²) >= 11 is 0. The molecule has 0 saturated carbocycles. The van der Waals surface area contributed by atoms with Crippen molar-refractivity contribution in [1.82, 2.24) is 5.32 Å². The smallest absolute Gasteiger partial charge is 0.211 e. The first-order chi connectivity index (χ1) is 4.06. The molecule has 0 spiro atoms. The van der Waals surface area contributed by atoms with E-state index in [4.69, 9.17) is 0 Å². The van der Waals surface area contributed by atoms with Crippen LogP contribution in [-0.4, -0.2) is 14.5 Å². The second-order valence-electron chi connectivity index (χ2n) is 2.98. The molecule has 0 aromatic rings. The summed E-state index contributed by atoms with van der Waals surface area (Å²) < 4.78 is 0. The van der Waals surface area contributed by atoms with Crippen LogP contribution in [0.15, 0.2) is 11.9 Å². The molecule has 1 amide bonds. The van der Waals surface area contributed by atoms with Gasteiger partial charge in [0, 0.05) is 0 Å². The minimum Gasteiger partial charge on any atom is -0.336 e. The van der Waals surface area contributed by atoms with Crippen LogP contribution < -0.4 is 5.32 Å². The standard InChI is InChI=1S/C6H13NOSi/c1-9(2,3)5-4-7-6-8/h4-6H,1-3H3,(H,7,8)/b5-4+. The Labute approximate surface area is 57.0 Å². The van der Waals surface area contributed by atoms with E-state index in [9.17, 15) is 4.79 Å². The Morgan fingerprint density at radius 2 is 1.89 bits per heavy atom. The van der Waals surface area contributed by atoms with Gasteiger partial charge in [-0.05, 0) is 6.20 Å². The van der Waals surface area contributed by atoms with Gasteiger partial charge < -0.3 is 5.32 Å². The molecular weight excluding hydrogens is 130 g/mol. The van der Waals surface area contributed by atoms with Crippen LogP contribution in [0, 0.1) is 0 Å². The molecule has 0 fully saturated rings. The second-order valence-corrected chi connectivity index (χ2v) is 8.05. The molecule has 0 aliphatic rings. The maximum absolute atomic E-state index is 9.74. The third kappa shape index (κ3) is 7.43. The maximum Gasteiger partial charge on any atom is 0.211 e. The fourth-order valence-electron chi connectivity index (χ4n) is 0.337. The number of hydrogen-bond acceptors (Lipinski definition) is 1. The molecule has 1 N–H and O–H groups in total. The lowest BCUT2D eigenvalue weighted by Crippen LogP contribution is -2.17. The summed E-state index contributed by atoms with van der Waals surface area (Å²) in [6.45, 7) is 6.61. The van der Waals surface area contributed by atoms with Crippen LogP contribution in [0.4, 0.5) is 0 Å². The summed E-state index contributed by atoms with van der Waals surface area (Å²) in [5, 5.41) is 2.48. The molecule has 0 radical (unpaired) electrons. The Bertz CT molecular complexity index is 115. The van der Waals surface area contributed by atoms with E-state index in [-0.39, 0.29) is 0 Å². The van der Waals surface area contributed by atoms with E-state index < -0.39 is 8.07 Å². The van der Waals surface area contributed by atoms with Gasteiger partial charge in [0.2, 0.25) is 6.41 Å². The Kier molecular flexibility index (Phi) is 3.23. The number of rotatable bonds is 3. The lowest BCUT2D eigenvalue weighted by Gasteiger charge is -2.06. The van der Waals surface area contributed by atoms with Gasteiger partial charge in [-0.15, -0.1) is 0 Å². The highest BCUT2D eigenvalue weighted by Crippen LogP contribution is 1.99. The minimum atomic E-state index is -1.10. The van der Waals surface area contributed by atoms with Crippen LogP contribution in [0.2, 0.25) is 19.6 Å². The Morgan fingerprint density at radius 1 is 1.33 bits per heavy atom. The highest BCUT2D eigenvalue weighted by molar-refractivity contribution is 6.80. The van der Waals surface area contributed by atoms with E-state index in [2.05, 4.69) is 30.7 Å². The summed E-state index contributed by atoms with van der Waals surface area (Å²) in [7, 11) is -1.10.